The van der Waals surface area contributed by atoms with Gasteiger partial charge in [-0.1, -0.05) is 12.1 Å². The molecule has 142 valence electrons. The maximum absolute atomic E-state index is 13.3. The Bertz CT molecular complexity index is 1000. The summed E-state index contributed by atoms with van der Waals surface area (Å²) in [5, 5.41) is 11.5. The van der Waals surface area contributed by atoms with Crippen molar-refractivity contribution in [1.82, 2.24) is 25.1 Å². The largest absolute Gasteiger partial charge is 0.335 e. The van der Waals surface area contributed by atoms with E-state index in [2.05, 4.69) is 50.9 Å². The van der Waals surface area contributed by atoms with Crippen LogP contribution in [0.4, 0.5) is 0 Å². The fraction of sp³-hybridized carbons (Fsp3) is 0.333. The second-order valence-electron chi connectivity index (χ2n) is 7.54. The van der Waals surface area contributed by atoms with Crippen molar-refractivity contribution in [2.24, 2.45) is 5.92 Å². The highest BCUT2D eigenvalue weighted by Gasteiger charge is 2.40. The molecule has 28 heavy (non-hydrogen) atoms. The molecule has 0 unspecified atom stereocenters. The number of hydrogen-bond acceptors (Lipinski definition) is 5. The van der Waals surface area contributed by atoms with Crippen molar-refractivity contribution < 1.29 is 4.79 Å². The predicted octanol–water partition coefficient (Wildman–Crippen LogP) is 3.68. The molecule has 3 aromatic rings. The quantitative estimate of drug-likeness (QED) is 0.635. The lowest BCUT2D eigenvalue weighted by molar-refractivity contribution is 0.0703. The third-order valence-corrected chi connectivity index (χ3v) is 6.62. The molecule has 2 bridgehead atoms. The van der Waals surface area contributed by atoms with Crippen LogP contribution in [0.15, 0.2) is 53.7 Å². The summed E-state index contributed by atoms with van der Waals surface area (Å²) in [7, 11) is 0. The molecule has 6 nitrogen and oxygen atoms in total. The molecule has 1 aromatic heterocycles. The van der Waals surface area contributed by atoms with Crippen LogP contribution in [-0.2, 0) is 0 Å². The molecule has 2 heterocycles. The lowest BCUT2D eigenvalue weighted by atomic mass is 10.0. The smallest absolute Gasteiger partial charge is 0.254 e. The van der Waals surface area contributed by atoms with Gasteiger partial charge in [-0.05, 0) is 83.3 Å². The van der Waals surface area contributed by atoms with E-state index in [0.29, 0.717) is 17.5 Å². The topological polar surface area (TPSA) is 63.9 Å². The van der Waals surface area contributed by atoms with E-state index in [-0.39, 0.29) is 5.91 Å². The number of piperidine rings is 1. The third kappa shape index (κ3) is 3.09. The summed E-state index contributed by atoms with van der Waals surface area (Å²) < 4.78 is 1.60. The number of hydrogen-bond donors (Lipinski definition) is 0. The number of benzene rings is 2. The average Bonchev–Trinajstić information content (AvgIpc) is 3.51. The summed E-state index contributed by atoms with van der Waals surface area (Å²) >= 11 is 1.71. The van der Waals surface area contributed by atoms with Gasteiger partial charge in [-0.25, -0.2) is 4.68 Å². The van der Waals surface area contributed by atoms with Gasteiger partial charge in [0.05, 0.1) is 5.69 Å². The molecule has 2 aromatic carbocycles. The summed E-state index contributed by atoms with van der Waals surface area (Å²) in [6.07, 6.45) is 7.16. The van der Waals surface area contributed by atoms with E-state index in [1.807, 2.05) is 18.2 Å². The number of fused-ring (bicyclic) bond motifs is 2. The summed E-state index contributed by atoms with van der Waals surface area (Å²) in [6.45, 7) is 0.885. The Kier molecular flexibility index (Phi) is 4.39. The maximum Gasteiger partial charge on any atom is 0.254 e. The molecule has 2 aliphatic rings. The number of aromatic nitrogens is 4. The second kappa shape index (κ2) is 7.05. The van der Waals surface area contributed by atoms with Crippen molar-refractivity contribution in [2.75, 3.05) is 12.8 Å². The molecular weight excluding hydrogens is 370 g/mol. The Labute approximate surface area is 167 Å². The van der Waals surface area contributed by atoms with Gasteiger partial charge in [-0.15, -0.1) is 16.9 Å². The minimum Gasteiger partial charge on any atom is -0.335 e. The van der Waals surface area contributed by atoms with Gasteiger partial charge in [0.2, 0.25) is 0 Å². The Morgan fingerprint density at radius 3 is 2.61 bits per heavy atom. The highest BCUT2D eigenvalue weighted by Crippen LogP contribution is 2.38. The number of thioether (sulfide) groups is 1. The minimum absolute atomic E-state index is 0.115. The van der Waals surface area contributed by atoms with E-state index >= 15 is 0 Å². The van der Waals surface area contributed by atoms with Gasteiger partial charge in [0.25, 0.3) is 5.91 Å². The minimum atomic E-state index is 0.115. The first-order valence-electron chi connectivity index (χ1n) is 9.55. The Morgan fingerprint density at radius 1 is 1.11 bits per heavy atom. The molecule has 1 aliphatic heterocycles. The van der Waals surface area contributed by atoms with Gasteiger partial charge in [0, 0.05) is 23.0 Å². The van der Waals surface area contributed by atoms with Gasteiger partial charge in [0.1, 0.15) is 6.33 Å². The highest BCUT2D eigenvalue weighted by molar-refractivity contribution is 7.98. The summed E-state index contributed by atoms with van der Waals surface area (Å²) in [5.74, 6) is 0.791. The van der Waals surface area contributed by atoms with Crippen LogP contribution in [0.1, 0.15) is 29.6 Å². The van der Waals surface area contributed by atoms with Crippen molar-refractivity contribution >= 4 is 17.7 Å². The predicted molar refractivity (Wildman–Crippen MR) is 109 cm³/mol. The van der Waals surface area contributed by atoms with Crippen LogP contribution < -0.4 is 0 Å². The average molecular weight is 392 g/mol. The standard InChI is InChI=1S/C21H21N5OS/c1-28-20-6-3-15(4-7-20)16-9-17(11-19(10-16)26-13-22-23-24-26)21(27)25-12-14-2-5-18(25)8-14/h3-4,6-7,9-11,13-14,18H,2,5,8,12H2,1H3/t14-,18-/m1/s1. The van der Waals surface area contributed by atoms with Crippen molar-refractivity contribution in [3.8, 4) is 16.8 Å². The van der Waals surface area contributed by atoms with Crippen molar-refractivity contribution in [3.63, 3.8) is 0 Å². The Hall–Kier alpha value is -2.67. The van der Waals surface area contributed by atoms with E-state index in [1.165, 1.54) is 11.3 Å². The van der Waals surface area contributed by atoms with Gasteiger partial charge >= 0.3 is 0 Å². The molecule has 1 saturated heterocycles. The number of carbonyl (C=O) groups excluding carboxylic acids is 1. The first kappa shape index (κ1) is 17.4. The van der Waals surface area contributed by atoms with Crippen LogP contribution >= 0.6 is 11.8 Å². The van der Waals surface area contributed by atoms with E-state index in [0.717, 1.165) is 36.2 Å². The lowest BCUT2D eigenvalue weighted by Crippen LogP contribution is -2.37. The molecular formula is C21H21N5OS. The molecule has 1 amide bonds. The van der Waals surface area contributed by atoms with Crippen LogP contribution in [0.3, 0.4) is 0 Å². The summed E-state index contributed by atoms with van der Waals surface area (Å²) in [4.78, 5) is 16.6. The second-order valence-corrected chi connectivity index (χ2v) is 8.42. The number of tetrazole rings is 1. The SMILES string of the molecule is CSc1ccc(-c2cc(C(=O)N3C[C@@H]4CC[C@@H]3C4)cc(-n3cnnn3)c2)cc1. The van der Waals surface area contributed by atoms with Crippen molar-refractivity contribution in [1.29, 1.82) is 0 Å². The number of amides is 1. The van der Waals surface area contributed by atoms with E-state index in [4.69, 9.17) is 0 Å². The molecule has 5 rings (SSSR count). The van der Waals surface area contributed by atoms with Crippen LogP contribution in [0.5, 0.6) is 0 Å². The lowest BCUT2D eigenvalue weighted by Gasteiger charge is -2.27. The molecule has 1 aliphatic carbocycles. The first-order valence-corrected chi connectivity index (χ1v) is 10.8. The van der Waals surface area contributed by atoms with Gasteiger partial charge in [0.15, 0.2) is 0 Å². The summed E-state index contributed by atoms with van der Waals surface area (Å²) in [6, 6.07) is 14.7. The fourth-order valence-corrected chi connectivity index (χ4v) is 4.84. The van der Waals surface area contributed by atoms with E-state index in [1.54, 1.807) is 22.8 Å². The fourth-order valence-electron chi connectivity index (χ4n) is 4.44. The first-order chi connectivity index (χ1) is 13.7. The number of carbonyl (C=O) groups is 1. The van der Waals surface area contributed by atoms with Crippen LogP contribution in [0.2, 0.25) is 0 Å². The maximum atomic E-state index is 13.3. The monoisotopic (exact) mass is 391 g/mol. The zero-order valence-electron chi connectivity index (χ0n) is 15.7. The molecule has 7 heteroatoms. The Balaban J connectivity index is 1.56. The molecule has 2 fully saturated rings. The number of nitrogens with zero attached hydrogens (tertiary/aromatic N) is 5. The number of rotatable bonds is 4. The van der Waals surface area contributed by atoms with E-state index < -0.39 is 0 Å². The van der Waals surface area contributed by atoms with Crippen LogP contribution in [0.25, 0.3) is 16.8 Å². The third-order valence-electron chi connectivity index (χ3n) is 5.87. The normalized spacial score (nSPS) is 20.7. The molecule has 0 N–H and O–H groups in total. The summed E-state index contributed by atoms with van der Waals surface area (Å²) in [5.41, 5.74) is 3.56. The van der Waals surface area contributed by atoms with Crippen LogP contribution in [-0.4, -0.2) is 49.9 Å². The Morgan fingerprint density at radius 2 is 1.96 bits per heavy atom. The molecule has 0 spiro atoms. The molecule has 2 atom stereocenters. The van der Waals surface area contributed by atoms with E-state index in [9.17, 15) is 4.79 Å². The molecule has 1 saturated carbocycles. The van der Waals surface area contributed by atoms with Gasteiger partial charge in [-0.2, -0.15) is 0 Å². The van der Waals surface area contributed by atoms with Crippen molar-refractivity contribution in [3.05, 3.63) is 54.4 Å². The zero-order chi connectivity index (χ0) is 19.1. The van der Waals surface area contributed by atoms with Gasteiger partial charge in [-0.3, -0.25) is 4.79 Å². The number of likely N-dealkylation sites (tertiary alicyclic amines) is 1. The zero-order valence-corrected chi connectivity index (χ0v) is 16.5. The van der Waals surface area contributed by atoms with Crippen molar-refractivity contribution in [2.45, 2.75) is 30.2 Å². The highest BCUT2D eigenvalue weighted by atomic mass is 32.2. The van der Waals surface area contributed by atoms with Crippen LogP contribution in [0, 0.1) is 5.92 Å². The molecule has 0 radical (unpaired) electrons. The van der Waals surface area contributed by atoms with Gasteiger partial charge < -0.3 is 4.90 Å².